The summed E-state index contributed by atoms with van der Waals surface area (Å²) < 4.78 is 54.6. The monoisotopic (exact) mass is 343 g/mol. The summed E-state index contributed by atoms with van der Waals surface area (Å²) in [7, 11) is 0. The summed E-state index contributed by atoms with van der Waals surface area (Å²) in [5.74, 6) is -2.93. The molecule has 0 saturated carbocycles. The van der Waals surface area contributed by atoms with Crippen LogP contribution in [-0.4, -0.2) is 17.6 Å². The van der Waals surface area contributed by atoms with E-state index in [1.807, 2.05) is 0 Å². The zero-order valence-electron chi connectivity index (χ0n) is 12.2. The highest BCUT2D eigenvalue weighted by molar-refractivity contribution is 5.91. The Labute approximate surface area is 134 Å². The van der Waals surface area contributed by atoms with E-state index in [4.69, 9.17) is 0 Å². The molecule has 2 N–H and O–H groups in total. The Morgan fingerprint density at radius 1 is 1.17 bits per heavy atom. The molecular formula is C16H13F4NO3. The van der Waals surface area contributed by atoms with Crippen molar-refractivity contribution < 1.29 is 32.2 Å². The average Bonchev–Trinajstić information content (AvgIpc) is 2.49. The first-order valence-electron chi connectivity index (χ1n) is 6.83. The molecule has 4 nitrogen and oxygen atoms in total. The fourth-order valence-corrected chi connectivity index (χ4v) is 1.99. The molecule has 0 saturated heterocycles. The highest BCUT2D eigenvalue weighted by Gasteiger charge is 2.15. The molecule has 0 unspecified atom stereocenters. The normalized spacial score (nSPS) is 12.1. The van der Waals surface area contributed by atoms with Gasteiger partial charge < -0.3 is 15.2 Å². The standard InChI is InChI=1S/C16H13F4NO3/c17-10-3-1-2-9(6-10)13(22)8-15(23)21-11-4-5-14(12(18)7-11)24-16(19)20/h1-7,13,16,22H,8H2,(H,21,23)/t13-/m0/s1. The minimum Gasteiger partial charge on any atom is -0.432 e. The fraction of sp³-hybridized carbons (Fsp3) is 0.188. The molecule has 0 heterocycles. The van der Waals surface area contributed by atoms with Crippen molar-refractivity contribution in [3.05, 3.63) is 59.7 Å². The second kappa shape index (κ2) is 7.78. The van der Waals surface area contributed by atoms with Gasteiger partial charge in [0.25, 0.3) is 0 Å². The maximum Gasteiger partial charge on any atom is 0.387 e. The van der Waals surface area contributed by atoms with Crippen LogP contribution in [0.5, 0.6) is 5.75 Å². The van der Waals surface area contributed by atoms with E-state index >= 15 is 0 Å². The number of benzene rings is 2. The molecule has 128 valence electrons. The second-order valence-corrected chi connectivity index (χ2v) is 4.85. The minimum absolute atomic E-state index is 0.00515. The summed E-state index contributed by atoms with van der Waals surface area (Å²) in [6.07, 6.45) is -1.63. The summed E-state index contributed by atoms with van der Waals surface area (Å²) in [5.41, 5.74) is 0.225. The molecule has 8 heteroatoms. The van der Waals surface area contributed by atoms with Crippen LogP contribution in [0.4, 0.5) is 23.2 Å². The van der Waals surface area contributed by atoms with Gasteiger partial charge in [-0.3, -0.25) is 4.79 Å². The summed E-state index contributed by atoms with van der Waals surface area (Å²) in [6, 6.07) is 8.06. The molecule has 0 spiro atoms. The smallest absolute Gasteiger partial charge is 0.387 e. The van der Waals surface area contributed by atoms with E-state index in [-0.39, 0.29) is 17.7 Å². The van der Waals surface area contributed by atoms with Gasteiger partial charge in [-0.2, -0.15) is 8.78 Å². The molecule has 2 rings (SSSR count). The molecule has 0 bridgehead atoms. The van der Waals surface area contributed by atoms with E-state index < -0.39 is 36.0 Å². The number of halogens is 4. The lowest BCUT2D eigenvalue weighted by Gasteiger charge is -2.12. The van der Waals surface area contributed by atoms with Crippen molar-refractivity contribution in [2.24, 2.45) is 0 Å². The third-order valence-corrected chi connectivity index (χ3v) is 3.04. The van der Waals surface area contributed by atoms with Crippen LogP contribution >= 0.6 is 0 Å². The molecule has 0 radical (unpaired) electrons. The number of nitrogens with one attached hydrogen (secondary N) is 1. The van der Waals surface area contributed by atoms with Crippen LogP contribution < -0.4 is 10.1 Å². The third kappa shape index (κ3) is 4.95. The highest BCUT2D eigenvalue weighted by atomic mass is 19.3. The molecule has 0 aliphatic rings. The van der Waals surface area contributed by atoms with Crippen LogP contribution in [0, 0.1) is 11.6 Å². The first-order chi connectivity index (χ1) is 11.3. The molecule has 2 aromatic rings. The van der Waals surface area contributed by atoms with Crippen LogP contribution in [0.2, 0.25) is 0 Å². The van der Waals surface area contributed by atoms with E-state index in [0.29, 0.717) is 0 Å². The summed E-state index contributed by atoms with van der Waals surface area (Å²) in [6.45, 7) is -3.17. The SMILES string of the molecule is O=C(C[C@H](O)c1cccc(F)c1)Nc1ccc(OC(F)F)c(F)c1. The first kappa shape index (κ1) is 17.7. The summed E-state index contributed by atoms with van der Waals surface area (Å²) in [5, 5.41) is 12.2. The third-order valence-electron chi connectivity index (χ3n) is 3.04. The number of hydrogen-bond donors (Lipinski definition) is 2. The molecule has 0 aliphatic carbocycles. The molecule has 0 aliphatic heterocycles. The maximum absolute atomic E-state index is 13.5. The molecule has 0 fully saturated rings. The van der Waals surface area contributed by atoms with Gasteiger partial charge in [-0.05, 0) is 29.8 Å². The number of carbonyl (C=O) groups excluding carboxylic acids is 1. The first-order valence-corrected chi connectivity index (χ1v) is 6.83. The quantitative estimate of drug-likeness (QED) is 0.788. The van der Waals surface area contributed by atoms with E-state index in [0.717, 1.165) is 18.2 Å². The lowest BCUT2D eigenvalue weighted by atomic mass is 10.1. The van der Waals surface area contributed by atoms with Crippen LogP contribution in [0.1, 0.15) is 18.1 Å². The van der Waals surface area contributed by atoms with Crippen LogP contribution in [0.3, 0.4) is 0 Å². The molecule has 0 aromatic heterocycles. The lowest BCUT2D eigenvalue weighted by molar-refractivity contribution is -0.118. The Morgan fingerprint density at radius 3 is 2.54 bits per heavy atom. The number of anilines is 1. The lowest BCUT2D eigenvalue weighted by Crippen LogP contribution is -2.16. The van der Waals surface area contributed by atoms with Crippen molar-refractivity contribution in [1.29, 1.82) is 0 Å². The second-order valence-electron chi connectivity index (χ2n) is 4.85. The van der Waals surface area contributed by atoms with Gasteiger partial charge in [-0.15, -0.1) is 0 Å². The molecule has 24 heavy (non-hydrogen) atoms. The number of amides is 1. The van der Waals surface area contributed by atoms with Crippen LogP contribution in [0.15, 0.2) is 42.5 Å². The van der Waals surface area contributed by atoms with Crippen LogP contribution in [-0.2, 0) is 4.79 Å². The van der Waals surface area contributed by atoms with Crippen molar-refractivity contribution in [2.75, 3.05) is 5.32 Å². The van der Waals surface area contributed by atoms with Gasteiger partial charge in [-0.1, -0.05) is 12.1 Å². The average molecular weight is 343 g/mol. The van der Waals surface area contributed by atoms with Crippen molar-refractivity contribution >= 4 is 11.6 Å². The number of aliphatic hydroxyl groups is 1. The minimum atomic E-state index is -3.17. The van der Waals surface area contributed by atoms with Gasteiger partial charge in [-0.25, -0.2) is 8.78 Å². The zero-order chi connectivity index (χ0) is 17.7. The number of carbonyl (C=O) groups is 1. The Bertz CT molecular complexity index is 724. The zero-order valence-corrected chi connectivity index (χ0v) is 12.2. The predicted octanol–water partition coefficient (Wildman–Crippen LogP) is 3.63. The number of aliphatic hydroxyl groups excluding tert-OH is 1. The summed E-state index contributed by atoms with van der Waals surface area (Å²) in [4.78, 5) is 11.8. The number of hydrogen-bond acceptors (Lipinski definition) is 3. The van der Waals surface area contributed by atoms with Crippen molar-refractivity contribution in [2.45, 2.75) is 19.1 Å². The van der Waals surface area contributed by atoms with Gasteiger partial charge in [0.05, 0.1) is 12.5 Å². The van der Waals surface area contributed by atoms with E-state index in [9.17, 15) is 27.5 Å². The van der Waals surface area contributed by atoms with Crippen LogP contribution in [0.25, 0.3) is 0 Å². The van der Waals surface area contributed by atoms with Gasteiger partial charge >= 0.3 is 6.61 Å². The fourth-order valence-electron chi connectivity index (χ4n) is 1.99. The van der Waals surface area contributed by atoms with Crippen molar-refractivity contribution in [1.82, 2.24) is 0 Å². The predicted molar refractivity (Wildman–Crippen MR) is 77.6 cm³/mol. The number of rotatable bonds is 6. The van der Waals surface area contributed by atoms with E-state index in [1.54, 1.807) is 0 Å². The highest BCUT2D eigenvalue weighted by Crippen LogP contribution is 2.24. The number of alkyl halides is 2. The van der Waals surface area contributed by atoms with E-state index in [2.05, 4.69) is 10.1 Å². The largest absolute Gasteiger partial charge is 0.432 e. The summed E-state index contributed by atoms with van der Waals surface area (Å²) >= 11 is 0. The Hall–Kier alpha value is -2.61. The van der Waals surface area contributed by atoms with Gasteiger partial charge in [0.1, 0.15) is 5.82 Å². The van der Waals surface area contributed by atoms with Gasteiger partial charge in [0.2, 0.25) is 5.91 Å². The van der Waals surface area contributed by atoms with Gasteiger partial charge in [0.15, 0.2) is 11.6 Å². The van der Waals surface area contributed by atoms with Crippen molar-refractivity contribution in [3.63, 3.8) is 0 Å². The molecular weight excluding hydrogens is 330 g/mol. The molecule has 2 aromatic carbocycles. The van der Waals surface area contributed by atoms with Crippen molar-refractivity contribution in [3.8, 4) is 5.75 Å². The number of ether oxygens (including phenoxy) is 1. The Balaban J connectivity index is 1.98. The topological polar surface area (TPSA) is 58.6 Å². The molecule has 1 atom stereocenters. The Morgan fingerprint density at radius 2 is 1.92 bits per heavy atom. The Kier molecular flexibility index (Phi) is 5.75. The maximum atomic E-state index is 13.5. The van der Waals surface area contributed by atoms with Gasteiger partial charge in [0, 0.05) is 11.8 Å². The molecule has 1 amide bonds. The van der Waals surface area contributed by atoms with E-state index in [1.165, 1.54) is 24.3 Å².